The van der Waals surface area contributed by atoms with Gasteiger partial charge in [-0.15, -0.1) is 0 Å². The molecule has 0 spiro atoms. The molecule has 0 amide bonds. The van der Waals surface area contributed by atoms with E-state index in [1.165, 1.54) is 89.9 Å². The molecule has 1 fully saturated rings. The third-order valence-electron chi connectivity index (χ3n) is 6.15. The van der Waals surface area contributed by atoms with Gasteiger partial charge in [-0.25, -0.2) is 0 Å². The van der Waals surface area contributed by atoms with Crippen LogP contribution >= 0.6 is 0 Å². The summed E-state index contributed by atoms with van der Waals surface area (Å²) < 4.78 is 5.58. The number of rotatable bonds is 20. The van der Waals surface area contributed by atoms with Gasteiger partial charge < -0.3 is 10.1 Å². The summed E-state index contributed by atoms with van der Waals surface area (Å²) in [5, 5.41) is 3.34. The average Bonchev–Trinajstić information content (AvgIpc) is 3.24. The molecule has 1 N–H and O–H groups in total. The summed E-state index contributed by atoms with van der Waals surface area (Å²) in [4.78, 5) is 14.7. The summed E-state index contributed by atoms with van der Waals surface area (Å²) in [6.07, 6.45) is 19.6. The molecule has 0 radical (unpaired) electrons. The lowest BCUT2D eigenvalue weighted by atomic mass is 10.1. The predicted molar refractivity (Wildman–Crippen MR) is 124 cm³/mol. The quantitative estimate of drug-likeness (QED) is 0.199. The fourth-order valence-electron chi connectivity index (χ4n) is 4.15. The summed E-state index contributed by atoms with van der Waals surface area (Å²) in [7, 11) is 0. The number of unbranched alkanes of at least 4 members (excludes halogenated alkanes) is 12. The van der Waals surface area contributed by atoms with Gasteiger partial charge in [0.2, 0.25) is 0 Å². The van der Waals surface area contributed by atoms with E-state index in [4.69, 9.17) is 4.74 Å². The minimum absolute atomic E-state index is 0.0252. The van der Waals surface area contributed by atoms with E-state index in [9.17, 15) is 4.79 Å². The van der Waals surface area contributed by atoms with Crippen LogP contribution in [0.15, 0.2) is 0 Å². The van der Waals surface area contributed by atoms with E-state index in [2.05, 4.69) is 24.1 Å². The smallest absolute Gasteiger partial charge is 0.320 e. The maximum absolute atomic E-state index is 12.3. The highest BCUT2D eigenvalue weighted by molar-refractivity contribution is 5.71. The van der Waals surface area contributed by atoms with Crippen molar-refractivity contribution in [2.45, 2.75) is 110 Å². The second-order valence-corrected chi connectivity index (χ2v) is 9.06. The molecule has 1 aliphatic heterocycles. The molecule has 1 heterocycles. The van der Waals surface area contributed by atoms with Gasteiger partial charge in [-0.05, 0) is 38.9 Å². The number of carbonyl (C=O) groups is 1. The van der Waals surface area contributed by atoms with Crippen LogP contribution in [0, 0.1) is 5.92 Å². The van der Waals surface area contributed by atoms with Gasteiger partial charge in [0.05, 0.1) is 13.2 Å². The van der Waals surface area contributed by atoms with Gasteiger partial charge in [-0.1, -0.05) is 90.9 Å². The maximum Gasteiger partial charge on any atom is 0.320 e. The Bertz CT molecular complexity index is 352. The van der Waals surface area contributed by atoms with Crippen molar-refractivity contribution >= 4 is 5.97 Å². The lowest BCUT2D eigenvalue weighted by molar-refractivity contribution is -0.146. The van der Waals surface area contributed by atoms with Crippen LogP contribution in [0.5, 0.6) is 0 Å². The number of nitrogens with zero attached hydrogens (tertiary/aromatic N) is 1. The standard InChI is InChI=1S/C25H50N2O2/c1-3-5-7-9-11-13-15-19-27(20-16-14-12-10-8-6-4-2)22-25(28)29-23-24-17-18-26-21-24/h24,26H,3-23H2,1-2H3. The summed E-state index contributed by atoms with van der Waals surface area (Å²) in [6, 6.07) is 0. The predicted octanol–water partition coefficient (Wildman–Crippen LogP) is 5.94. The van der Waals surface area contributed by atoms with Gasteiger partial charge in [0.15, 0.2) is 0 Å². The molecule has 0 aromatic heterocycles. The Balaban J connectivity index is 2.20. The Morgan fingerprint density at radius 3 is 1.83 bits per heavy atom. The van der Waals surface area contributed by atoms with E-state index in [-0.39, 0.29) is 5.97 Å². The Kier molecular flexibility index (Phi) is 17.6. The minimum atomic E-state index is -0.0252. The number of carbonyl (C=O) groups excluding carboxylic acids is 1. The molecule has 4 heteroatoms. The van der Waals surface area contributed by atoms with E-state index in [0.29, 0.717) is 19.1 Å². The SMILES string of the molecule is CCCCCCCCCN(CCCCCCCCC)CC(=O)OCC1CCNC1. The summed E-state index contributed by atoms with van der Waals surface area (Å²) in [6.45, 7) is 9.75. The number of ether oxygens (including phenoxy) is 1. The Morgan fingerprint density at radius 1 is 0.828 bits per heavy atom. The zero-order valence-corrected chi connectivity index (χ0v) is 19.7. The molecule has 29 heavy (non-hydrogen) atoms. The van der Waals surface area contributed by atoms with Crippen LogP contribution in [-0.4, -0.2) is 50.2 Å². The fourth-order valence-corrected chi connectivity index (χ4v) is 4.15. The minimum Gasteiger partial charge on any atom is -0.464 e. The van der Waals surface area contributed by atoms with Crippen molar-refractivity contribution in [2.24, 2.45) is 5.92 Å². The van der Waals surface area contributed by atoms with E-state index in [1.54, 1.807) is 0 Å². The molecule has 172 valence electrons. The third-order valence-corrected chi connectivity index (χ3v) is 6.15. The normalized spacial score (nSPS) is 16.6. The number of esters is 1. The topological polar surface area (TPSA) is 41.6 Å². The van der Waals surface area contributed by atoms with Crippen molar-refractivity contribution in [3.63, 3.8) is 0 Å². The van der Waals surface area contributed by atoms with Gasteiger partial charge in [-0.3, -0.25) is 9.69 Å². The molecule has 0 saturated carbocycles. The summed E-state index contributed by atoms with van der Waals surface area (Å²) in [5.74, 6) is 0.487. The number of nitrogens with one attached hydrogen (secondary N) is 1. The van der Waals surface area contributed by atoms with Gasteiger partial charge >= 0.3 is 5.97 Å². The van der Waals surface area contributed by atoms with Crippen LogP contribution < -0.4 is 5.32 Å². The fraction of sp³-hybridized carbons (Fsp3) is 0.960. The van der Waals surface area contributed by atoms with Gasteiger partial charge in [0.25, 0.3) is 0 Å². The maximum atomic E-state index is 12.3. The molecule has 1 unspecified atom stereocenters. The van der Waals surface area contributed by atoms with Gasteiger partial charge in [0, 0.05) is 12.5 Å². The second kappa shape index (κ2) is 19.4. The van der Waals surface area contributed by atoms with Crippen LogP contribution in [0.4, 0.5) is 0 Å². The van der Waals surface area contributed by atoms with Crippen molar-refractivity contribution < 1.29 is 9.53 Å². The molecule has 1 aliphatic rings. The molecule has 0 aliphatic carbocycles. The first-order chi connectivity index (χ1) is 14.3. The molecule has 0 aromatic carbocycles. The highest BCUT2D eigenvalue weighted by Gasteiger charge is 2.18. The van der Waals surface area contributed by atoms with Crippen LogP contribution in [0.3, 0.4) is 0 Å². The van der Waals surface area contributed by atoms with Crippen LogP contribution in [0.2, 0.25) is 0 Å². The lowest BCUT2D eigenvalue weighted by Gasteiger charge is -2.22. The zero-order valence-electron chi connectivity index (χ0n) is 19.7. The summed E-state index contributed by atoms with van der Waals surface area (Å²) in [5.41, 5.74) is 0. The highest BCUT2D eigenvalue weighted by Crippen LogP contribution is 2.11. The molecular weight excluding hydrogens is 360 g/mol. The molecule has 1 rings (SSSR count). The number of hydrogen-bond donors (Lipinski definition) is 1. The molecular formula is C25H50N2O2. The van der Waals surface area contributed by atoms with E-state index < -0.39 is 0 Å². The molecule has 4 nitrogen and oxygen atoms in total. The molecule has 1 atom stereocenters. The van der Waals surface area contributed by atoms with Crippen molar-refractivity contribution in [2.75, 3.05) is 39.3 Å². The van der Waals surface area contributed by atoms with Crippen LogP contribution in [0.1, 0.15) is 110 Å². The van der Waals surface area contributed by atoms with Crippen molar-refractivity contribution in [1.82, 2.24) is 10.2 Å². The summed E-state index contributed by atoms with van der Waals surface area (Å²) >= 11 is 0. The first kappa shape index (κ1) is 26.4. The largest absolute Gasteiger partial charge is 0.464 e. The van der Waals surface area contributed by atoms with E-state index >= 15 is 0 Å². The molecule has 0 bridgehead atoms. The van der Waals surface area contributed by atoms with Gasteiger partial charge in [-0.2, -0.15) is 0 Å². The zero-order chi connectivity index (χ0) is 21.0. The van der Waals surface area contributed by atoms with Crippen LogP contribution in [0.25, 0.3) is 0 Å². The number of hydrogen-bond acceptors (Lipinski definition) is 4. The monoisotopic (exact) mass is 410 g/mol. The molecule has 1 saturated heterocycles. The molecule has 0 aromatic rings. The van der Waals surface area contributed by atoms with Crippen molar-refractivity contribution in [3.05, 3.63) is 0 Å². The van der Waals surface area contributed by atoms with Crippen molar-refractivity contribution in [1.29, 1.82) is 0 Å². The first-order valence-corrected chi connectivity index (χ1v) is 12.8. The van der Waals surface area contributed by atoms with Crippen molar-refractivity contribution in [3.8, 4) is 0 Å². The van der Waals surface area contributed by atoms with Crippen LogP contribution in [-0.2, 0) is 9.53 Å². The Labute approximate surface area is 181 Å². The second-order valence-electron chi connectivity index (χ2n) is 9.06. The average molecular weight is 411 g/mol. The van der Waals surface area contributed by atoms with E-state index in [0.717, 1.165) is 32.6 Å². The Morgan fingerprint density at radius 2 is 1.34 bits per heavy atom. The Hall–Kier alpha value is -0.610. The first-order valence-electron chi connectivity index (χ1n) is 12.8. The van der Waals surface area contributed by atoms with E-state index in [1.807, 2.05) is 0 Å². The third kappa shape index (κ3) is 15.8. The highest BCUT2D eigenvalue weighted by atomic mass is 16.5. The lowest BCUT2D eigenvalue weighted by Crippen LogP contribution is -2.33. The van der Waals surface area contributed by atoms with Gasteiger partial charge in [0.1, 0.15) is 0 Å².